The molecular weight excluding hydrogens is 567 g/mol. The molecular formula is C32H37FN6O5. The smallest absolute Gasteiger partial charge is 0.407 e. The molecule has 4 rings (SSSR count). The van der Waals surface area contributed by atoms with Gasteiger partial charge in [0.2, 0.25) is 11.8 Å². The van der Waals surface area contributed by atoms with E-state index in [4.69, 9.17) is 11.2 Å². The van der Waals surface area contributed by atoms with Gasteiger partial charge >= 0.3 is 12.1 Å². The van der Waals surface area contributed by atoms with Crippen LogP contribution in [0, 0.1) is 18.2 Å². The van der Waals surface area contributed by atoms with Gasteiger partial charge < -0.3 is 25.2 Å². The second kappa shape index (κ2) is 15.5. The van der Waals surface area contributed by atoms with Gasteiger partial charge in [0.1, 0.15) is 24.6 Å². The molecule has 2 aromatic carbocycles. The highest BCUT2D eigenvalue weighted by Gasteiger charge is 2.51. The second-order valence-electron chi connectivity index (χ2n) is 10.4. The lowest BCUT2D eigenvalue weighted by Crippen LogP contribution is -2.76. The Hall–Kier alpha value is -4.89. The van der Waals surface area contributed by atoms with Crippen LogP contribution < -0.4 is 10.6 Å². The first-order valence-electron chi connectivity index (χ1n) is 14.5. The van der Waals surface area contributed by atoms with Crippen molar-refractivity contribution >= 4 is 23.9 Å². The number of urea groups is 1. The lowest BCUT2D eigenvalue weighted by atomic mass is 10.0. The first-order chi connectivity index (χ1) is 21.3. The molecule has 2 unspecified atom stereocenters. The van der Waals surface area contributed by atoms with Gasteiger partial charge in [-0.2, -0.15) is 5.01 Å². The van der Waals surface area contributed by atoms with Gasteiger partial charge in [-0.15, -0.1) is 6.42 Å². The number of hydrazine groups is 1. The summed E-state index contributed by atoms with van der Waals surface area (Å²) in [6.07, 6.45) is 6.70. The van der Waals surface area contributed by atoms with Crippen LogP contribution >= 0.6 is 0 Å². The lowest BCUT2D eigenvalue weighted by molar-refractivity contribution is -0.189. The number of nitrogens with one attached hydrogen (secondary N) is 2. The average molecular weight is 605 g/mol. The van der Waals surface area contributed by atoms with Crippen LogP contribution in [0.4, 0.5) is 14.0 Å². The average Bonchev–Trinajstić information content (AvgIpc) is 3.02. The van der Waals surface area contributed by atoms with Gasteiger partial charge in [0.25, 0.3) is 0 Å². The number of alkyl carbamates (subject to hydrolysis) is 1. The molecule has 2 aromatic rings. The van der Waals surface area contributed by atoms with E-state index < -0.39 is 24.3 Å². The summed E-state index contributed by atoms with van der Waals surface area (Å²) in [6.45, 7) is 4.23. The zero-order valence-electron chi connectivity index (χ0n) is 24.5. The third-order valence-corrected chi connectivity index (χ3v) is 7.44. The maximum atomic E-state index is 13.8. The van der Waals surface area contributed by atoms with Gasteiger partial charge in [-0.05, 0) is 42.5 Å². The summed E-state index contributed by atoms with van der Waals surface area (Å²) in [4.78, 5) is 56.1. The number of piperazine rings is 1. The molecule has 232 valence electrons. The van der Waals surface area contributed by atoms with Crippen LogP contribution in [0.2, 0.25) is 0 Å². The number of halogens is 1. The Morgan fingerprint density at radius 2 is 1.84 bits per heavy atom. The molecule has 2 aliphatic rings. The third kappa shape index (κ3) is 8.14. The van der Waals surface area contributed by atoms with Gasteiger partial charge in [-0.3, -0.25) is 9.59 Å². The predicted octanol–water partition coefficient (Wildman–Crippen LogP) is 2.50. The standard InChI is InChI=1S/C32H37FN6O5/c1-3-18-37-23-29(40)38-27(11-8-17-34-32(43)44-20-4-2)30(41)36(19-16-24-12-14-26(33)15-13-24)22-28(38)39(37)31(42)35-21-25-9-6-5-7-10-25/h1,4-7,9-10,12-15,27-28H,2,8,11,16-23H2,(H,34,43)(H,35,42). The molecule has 2 atom stereocenters. The van der Waals surface area contributed by atoms with E-state index in [1.165, 1.54) is 33.1 Å². The van der Waals surface area contributed by atoms with E-state index >= 15 is 0 Å². The van der Waals surface area contributed by atoms with Crippen LogP contribution in [0.25, 0.3) is 0 Å². The van der Waals surface area contributed by atoms with Crippen molar-refractivity contribution in [3.05, 3.63) is 84.2 Å². The monoisotopic (exact) mass is 604 g/mol. The Labute approximate surface area is 256 Å². The van der Waals surface area contributed by atoms with Crippen molar-refractivity contribution < 1.29 is 28.3 Å². The highest BCUT2D eigenvalue weighted by Crippen LogP contribution is 2.28. The number of fused-ring (bicyclic) bond motifs is 1. The van der Waals surface area contributed by atoms with E-state index in [2.05, 4.69) is 23.1 Å². The van der Waals surface area contributed by atoms with Crippen LogP contribution in [0.1, 0.15) is 24.0 Å². The fourth-order valence-electron chi connectivity index (χ4n) is 5.36. The zero-order chi connectivity index (χ0) is 31.5. The summed E-state index contributed by atoms with van der Waals surface area (Å²) in [6, 6.07) is 14.1. The van der Waals surface area contributed by atoms with Crippen LogP contribution in [-0.2, 0) is 27.3 Å². The molecule has 5 amide bonds. The summed E-state index contributed by atoms with van der Waals surface area (Å²) < 4.78 is 18.4. The molecule has 2 aliphatic heterocycles. The van der Waals surface area contributed by atoms with Crippen LogP contribution in [0.3, 0.4) is 0 Å². The van der Waals surface area contributed by atoms with Gasteiger partial charge in [-0.25, -0.2) is 19.0 Å². The molecule has 2 heterocycles. The predicted molar refractivity (Wildman–Crippen MR) is 161 cm³/mol. The van der Waals surface area contributed by atoms with Crippen molar-refractivity contribution in [1.82, 2.24) is 30.5 Å². The summed E-state index contributed by atoms with van der Waals surface area (Å²) in [5, 5.41) is 8.51. The summed E-state index contributed by atoms with van der Waals surface area (Å²) in [5.74, 6) is 1.58. The molecule has 44 heavy (non-hydrogen) atoms. The molecule has 0 aliphatic carbocycles. The van der Waals surface area contributed by atoms with Crippen molar-refractivity contribution in [3.8, 4) is 12.3 Å². The van der Waals surface area contributed by atoms with E-state index in [0.717, 1.165) is 11.1 Å². The summed E-state index contributed by atoms with van der Waals surface area (Å²) >= 11 is 0. The zero-order valence-corrected chi connectivity index (χ0v) is 24.5. The van der Waals surface area contributed by atoms with Crippen molar-refractivity contribution in [2.24, 2.45) is 0 Å². The number of carbonyl (C=O) groups excluding carboxylic acids is 4. The molecule has 2 saturated heterocycles. The number of carbonyl (C=O) groups is 4. The Bertz CT molecular complexity index is 1370. The van der Waals surface area contributed by atoms with Gasteiger partial charge in [-0.1, -0.05) is 61.0 Å². The number of terminal acetylenes is 1. The minimum atomic E-state index is -0.877. The van der Waals surface area contributed by atoms with Crippen molar-refractivity contribution in [1.29, 1.82) is 0 Å². The molecule has 0 radical (unpaired) electrons. The Balaban J connectivity index is 1.56. The van der Waals surface area contributed by atoms with E-state index in [0.29, 0.717) is 19.4 Å². The minimum absolute atomic E-state index is 0.0137. The molecule has 0 aromatic heterocycles. The highest BCUT2D eigenvalue weighted by molar-refractivity contribution is 5.91. The van der Waals surface area contributed by atoms with E-state index in [9.17, 15) is 23.6 Å². The number of amides is 5. The first kappa shape index (κ1) is 32.0. The number of hydrogen-bond donors (Lipinski definition) is 2. The SMILES string of the molecule is C#CCN1CC(=O)N2C(CCCNC(=O)OCC=C)C(=O)N(CCc3ccc(F)cc3)CC2N1C(=O)NCc1ccccc1. The number of benzene rings is 2. The minimum Gasteiger partial charge on any atom is -0.445 e. The van der Waals surface area contributed by atoms with Gasteiger partial charge in [0.15, 0.2) is 0 Å². The van der Waals surface area contributed by atoms with E-state index in [1.807, 2.05) is 30.3 Å². The molecule has 0 saturated carbocycles. The summed E-state index contributed by atoms with van der Waals surface area (Å²) in [5.41, 5.74) is 1.73. The van der Waals surface area contributed by atoms with Gasteiger partial charge in [0.05, 0.1) is 19.6 Å². The fourth-order valence-corrected chi connectivity index (χ4v) is 5.36. The molecule has 2 N–H and O–H groups in total. The summed E-state index contributed by atoms with van der Waals surface area (Å²) in [7, 11) is 0. The van der Waals surface area contributed by atoms with Crippen LogP contribution in [0.5, 0.6) is 0 Å². The lowest BCUT2D eigenvalue weighted by Gasteiger charge is -2.55. The van der Waals surface area contributed by atoms with E-state index in [1.54, 1.807) is 17.0 Å². The third-order valence-electron chi connectivity index (χ3n) is 7.44. The Kier molecular flexibility index (Phi) is 11.3. The topological polar surface area (TPSA) is 115 Å². The van der Waals surface area contributed by atoms with Gasteiger partial charge in [0, 0.05) is 19.6 Å². The molecule has 11 nitrogen and oxygen atoms in total. The molecule has 0 spiro atoms. The number of nitrogens with zero attached hydrogens (tertiary/aromatic N) is 4. The molecule has 2 fully saturated rings. The number of ether oxygens (including phenoxy) is 1. The second-order valence-corrected chi connectivity index (χ2v) is 10.4. The quantitative estimate of drug-likeness (QED) is 0.219. The van der Waals surface area contributed by atoms with Crippen LogP contribution in [0.15, 0.2) is 67.3 Å². The highest BCUT2D eigenvalue weighted by atomic mass is 19.1. The number of hydrogen-bond acceptors (Lipinski definition) is 6. The Morgan fingerprint density at radius 3 is 2.55 bits per heavy atom. The number of rotatable bonds is 12. The van der Waals surface area contributed by atoms with Crippen molar-refractivity contribution in [2.75, 3.05) is 39.3 Å². The maximum absolute atomic E-state index is 13.8. The normalized spacial score (nSPS) is 18.3. The fraction of sp³-hybridized carbons (Fsp3) is 0.375. The van der Waals surface area contributed by atoms with E-state index in [-0.39, 0.29) is 63.4 Å². The Morgan fingerprint density at radius 1 is 1.09 bits per heavy atom. The van der Waals surface area contributed by atoms with Crippen LogP contribution in [-0.4, -0.2) is 95.3 Å². The van der Waals surface area contributed by atoms with Crippen molar-refractivity contribution in [2.45, 2.75) is 38.0 Å². The first-order valence-corrected chi connectivity index (χ1v) is 14.5. The van der Waals surface area contributed by atoms with Crippen molar-refractivity contribution in [3.63, 3.8) is 0 Å². The maximum Gasteiger partial charge on any atom is 0.407 e. The molecule has 0 bridgehead atoms. The largest absolute Gasteiger partial charge is 0.445 e. The molecule has 12 heteroatoms.